The Morgan fingerprint density at radius 3 is 2.40 bits per heavy atom. The van der Waals surface area contributed by atoms with Crippen molar-refractivity contribution in [3.05, 3.63) is 57.2 Å². The summed E-state index contributed by atoms with van der Waals surface area (Å²) in [5.41, 5.74) is -0.178. The molecule has 104 valence electrons. The number of pyridine rings is 1. The van der Waals surface area contributed by atoms with Crippen LogP contribution in [0.2, 0.25) is 0 Å². The minimum Gasteiger partial charge on any atom is -0.262 e. The Balaban J connectivity index is 2.31. The molecule has 20 heavy (non-hydrogen) atoms. The van der Waals surface area contributed by atoms with E-state index >= 15 is 0 Å². The number of aromatic nitrogens is 1. The van der Waals surface area contributed by atoms with Crippen LogP contribution in [-0.4, -0.2) is 18.3 Å². The van der Waals surface area contributed by atoms with Gasteiger partial charge in [-0.2, -0.15) is 0 Å². The first-order chi connectivity index (χ1) is 9.40. The maximum atomic E-state index is 12.1. The summed E-state index contributed by atoms with van der Waals surface area (Å²) < 4.78 is 27.0. The Bertz CT molecular complexity index is 747. The fourth-order valence-corrected chi connectivity index (χ4v) is 2.91. The van der Waals surface area contributed by atoms with Gasteiger partial charge in [-0.15, -0.1) is 0 Å². The van der Waals surface area contributed by atoms with Gasteiger partial charge in [0.15, 0.2) is 5.82 Å². The molecule has 7 nitrogen and oxygen atoms in total. The maximum absolute atomic E-state index is 12.1. The Morgan fingerprint density at radius 2 is 1.85 bits per heavy atom. The van der Waals surface area contributed by atoms with Crippen molar-refractivity contribution >= 4 is 37.5 Å². The molecule has 1 N–H and O–H groups in total. The number of hydrogen-bond donors (Lipinski definition) is 1. The van der Waals surface area contributed by atoms with E-state index < -0.39 is 14.9 Å². The van der Waals surface area contributed by atoms with E-state index in [0.717, 1.165) is 24.3 Å². The van der Waals surface area contributed by atoms with Gasteiger partial charge in [-0.25, -0.2) is 13.4 Å². The number of benzene rings is 1. The summed E-state index contributed by atoms with van der Waals surface area (Å²) in [6.07, 6.45) is 1.44. The van der Waals surface area contributed by atoms with Crippen LogP contribution < -0.4 is 4.72 Å². The van der Waals surface area contributed by atoms with Crippen molar-refractivity contribution in [1.29, 1.82) is 0 Å². The highest BCUT2D eigenvalue weighted by Crippen LogP contribution is 2.23. The molecule has 0 saturated carbocycles. The number of sulfonamides is 1. The van der Waals surface area contributed by atoms with Gasteiger partial charge in [0.2, 0.25) is 0 Å². The van der Waals surface area contributed by atoms with Crippen LogP contribution in [-0.2, 0) is 10.0 Å². The van der Waals surface area contributed by atoms with Crippen molar-refractivity contribution in [2.24, 2.45) is 0 Å². The average Bonchev–Trinajstić information content (AvgIpc) is 2.41. The Morgan fingerprint density at radius 1 is 1.20 bits per heavy atom. The van der Waals surface area contributed by atoms with E-state index in [9.17, 15) is 18.5 Å². The van der Waals surface area contributed by atoms with Crippen LogP contribution in [0.4, 0.5) is 11.5 Å². The van der Waals surface area contributed by atoms with Crippen molar-refractivity contribution in [1.82, 2.24) is 4.98 Å². The van der Waals surface area contributed by atoms with Gasteiger partial charge in [0.05, 0.1) is 14.3 Å². The molecule has 0 unspecified atom stereocenters. The molecular formula is C11H8BrN3O4S. The first-order valence-corrected chi connectivity index (χ1v) is 7.55. The van der Waals surface area contributed by atoms with E-state index in [1.54, 1.807) is 12.1 Å². The van der Waals surface area contributed by atoms with Gasteiger partial charge >= 0.3 is 0 Å². The van der Waals surface area contributed by atoms with Gasteiger partial charge in [0.25, 0.3) is 15.7 Å². The number of anilines is 1. The van der Waals surface area contributed by atoms with Crippen LogP contribution in [0.3, 0.4) is 0 Å². The molecule has 1 aromatic carbocycles. The molecule has 2 aromatic rings. The van der Waals surface area contributed by atoms with Gasteiger partial charge in [0, 0.05) is 18.3 Å². The second-order valence-electron chi connectivity index (χ2n) is 3.69. The maximum Gasteiger partial charge on any atom is 0.269 e. The molecular weight excluding hydrogens is 350 g/mol. The van der Waals surface area contributed by atoms with Crippen LogP contribution in [0.25, 0.3) is 0 Å². The molecule has 0 fully saturated rings. The number of nitro groups is 1. The summed E-state index contributed by atoms with van der Waals surface area (Å²) >= 11 is 3.17. The molecule has 0 amide bonds. The molecule has 0 aliphatic rings. The van der Waals surface area contributed by atoms with Crippen LogP contribution in [0.5, 0.6) is 0 Å². The summed E-state index contributed by atoms with van der Waals surface area (Å²) in [6, 6.07) is 7.87. The van der Waals surface area contributed by atoms with Gasteiger partial charge in [-0.1, -0.05) is 0 Å². The van der Waals surface area contributed by atoms with Crippen LogP contribution in [0.15, 0.2) is 52.0 Å². The van der Waals surface area contributed by atoms with E-state index in [-0.39, 0.29) is 16.4 Å². The number of rotatable bonds is 4. The summed E-state index contributed by atoms with van der Waals surface area (Å²) in [6.45, 7) is 0. The van der Waals surface area contributed by atoms with Crippen molar-refractivity contribution in [2.75, 3.05) is 4.72 Å². The van der Waals surface area contributed by atoms with Gasteiger partial charge in [0.1, 0.15) is 0 Å². The summed E-state index contributed by atoms with van der Waals surface area (Å²) in [5.74, 6) is 0.144. The smallest absolute Gasteiger partial charge is 0.262 e. The lowest BCUT2D eigenvalue weighted by atomic mass is 10.3. The molecule has 2 rings (SSSR count). The topological polar surface area (TPSA) is 102 Å². The molecule has 1 heterocycles. The third-order valence-corrected chi connectivity index (χ3v) is 4.34. The Kier molecular flexibility index (Phi) is 4.00. The van der Waals surface area contributed by atoms with Crippen LogP contribution >= 0.6 is 15.9 Å². The van der Waals surface area contributed by atoms with Gasteiger partial charge in [-0.05, 0) is 40.2 Å². The van der Waals surface area contributed by atoms with E-state index in [4.69, 9.17) is 0 Å². The SMILES string of the molecule is O=[N+]([O-])c1ccc(S(=O)(=O)Nc2ncccc2Br)cc1. The van der Waals surface area contributed by atoms with Crippen molar-refractivity contribution in [2.45, 2.75) is 4.90 Å². The molecule has 9 heteroatoms. The summed E-state index contributed by atoms with van der Waals surface area (Å²) in [4.78, 5) is 13.7. The second-order valence-corrected chi connectivity index (χ2v) is 6.23. The normalized spacial score (nSPS) is 11.1. The third-order valence-electron chi connectivity index (χ3n) is 2.35. The standard InChI is InChI=1S/C11H8BrN3O4S/c12-10-2-1-7-13-11(10)14-20(18,19)9-5-3-8(4-6-9)15(16)17/h1-7H,(H,13,14). The molecule has 0 bridgehead atoms. The highest BCUT2D eigenvalue weighted by atomic mass is 79.9. The number of non-ortho nitro benzene ring substituents is 1. The zero-order valence-electron chi connectivity index (χ0n) is 9.86. The number of nitrogens with one attached hydrogen (secondary N) is 1. The molecule has 0 radical (unpaired) electrons. The summed E-state index contributed by atoms with van der Waals surface area (Å²) in [7, 11) is -3.84. The van der Waals surface area contributed by atoms with Gasteiger partial charge < -0.3 is 0 Å². The molecule has 1 aromatic heterocycles. The van der Waals surface area contributed by atoms with E-state index in [0.29, 0.717) is 4.47 Å². The number of halogens is 1. The Labute approximate surface area is 123 Å². The minimum atomic E-state index is -3.84. The number of nitrogens with zero attached hydrogens (tertiary/aromatic N) is 2. The molecule has 0 aliphatic heterocycles. The van der Waals surface area contributed by atoms with Crippen molar-refractivity contribution < 1.29 is 13.3 Å². The summed E-state index contributed by atoms with van der Waals surface area (Å²) in [5, 5.41) is 10.5. The zero-order valence-corrected chi connectivity index (χ0v) is 12.3. The first-order valence-electron chi connectivity index (χ1n) is 5.28. The van der Waals surface area contributed by atoms with Crippen molar-refractivity contribution in [3.63, 3.8) is 0 Å². The fourth-order valence-electron chi connectivity index (χ4n) is 1.39. The highest BCUT2D eigenvalue weighted by molar-refractivity contribution is 9.10. The quantitative estimate of drug-likeness (QED) is 0.668. The van der Waals surface area contributed by atoms with Crippen molar-refractivity contribution in [3.8, 4) is 0 Å². The van der Waals surface area contributed by atoms with E-state index in [2.05, 4.69) is 25.6 Å². The van der Waals surface area contributed by atoms with Gasteiger partial charge in [-0.3, -0.25) is 14.8 Å². The first kappa shape index (κ1) is 14.4. The lowest BCUT2D eigenvalue weighted by Gasteiger charge is -2.08. The monoisotopic (exact) mass is 357 g/mol. The minimum absolute atomic E-state index is 0.0827. The van der Waals surface area contributed by atoms with E-state index in [1.807, 2.05) is 0 Å². The Hall–Kier alpha value is -2.00. The van der Waals surface area contributed by atoms with Crippen LogP contribution in [0, 0.1) is 10.1 Å². The third kappa shape index (κ3) is 3.11. The molecule has 0 atom stereocenters. The molecule has 0 spiro atoms. The number of nitro benzene ring substituents is 1. The van der Waals surface area contributed by atoms with E-state index in [1.165, 1.54) is 6.20 Å². The molecule has 0 aliphatic carbocycles. The number of hydrogen-bond acceptors (Lipinski definition) is 5. The highest BCUT2D eigenvalue weighted by Gasteiger charge is 2.17. The second kappa shape index (κ2) is 5.55. The fraction of sp³-hybridized carbons (Fsp3) is 0. The largest absolute Gasteiger partial charge is 0.269 e. The average molecular weight is 358 g/mol. The predicted octanol–water partition coefficient (Wildman–Crippen LogP) is 2.55. The lowest BCUT2D eigenvalue weighted by Crippen LogP contribution is -2.14. The lowest BCUT2D eigenvalue weighted by molar-refractivity contribution is -0.384. The van der Waals surface area contributed by atoms with Crippen LogP contribution in [0.1, 0.15) is 0 Å². The zero-order chi connectivity index (χ0) is 14.8. The predicted molar refractivity (Wildman–Crippen MR) is 75.8 cm³/mol. The molecule has 0 saturated heterocycles.